The molecule has 0 bridgehead atoms. The number of hydrogen-bond donors (Lipinski definition) is 2. The summed E-state index contributed by atoms with van der Waals surface area (Å²) in [7, 11) is -3.47. The number of benzene rings is 1. The quantitative estimate of drug-likeness (QED) is 0.847. The molecule has 0 unspecified atom stereocenters. The van der Waals surface area contributed by atoms with Crippen LogP contribution >= 0.6 is 0 Å². The van der Waals surface area contributed by atoms with E-state index in [1.54, 1.807) is 24.4 Å². The van der Waals surface area contributed by atoms with Gasteiger partial charge in [0.05, 0.1) is 17.1 Å². The molecular weight excluding hydrogens is 262 g/mol. The zero-order valence-electron chi connectivity index (χ0n) is 10.8. The maximum absolute atomic E-state index is 12.1. The predicted molar refractivity (Wildman–Crippen MR) is 73.1 cm³/mol. The SMILES string of the molecule is CCCc1ccc(S(=O)(=O)NCc2ccn[nH]2)cc1. The van der Waals surface area contributed by atoms with Gasteiger partial charge in [-0.3, -0.25) is 5.10 Å². The van der Waals surface area contributed by atoms with Crippen molar-refractivity contribution in [2.45, 2.75) is 31.2 Å². The van der Waals surface area contributed by atoms with Gasteiger partial charge in [-0.15, -0.1) is 0 Å². The van der Waals surface area contributed by atoms with Gasteiger partial charge in [0.25, 0.3) is 0 Å². The van der Waals surface area contributed by atoms with Crippen LogP contribution in [-0.2, 0) is 23.0 Å². The van der Waals surface area contributed by atoms with Crippen LogP contribution in [0.4, 0.5) is 0 Å². The van der Waals surface area contributed by atoms with Gasteiger partial charge in [0.1, 0.15) is 0 Å². The maximum Gasteiger partial charge on any atom is 0.240 e. The molecule has 2 N–H and O–H groups in total. The molecule has 102 valence electrons. The molecule has 1 aromatic carbocycles. The summed E-state index contributed by atoms with van der Waals surface area (Å²) >= 11 is 0. The molecule has 5 nitrogen and oxygen atoms in total. The molecule has 2 rings (SSSR count). The van der Waals surface area contributed by atoms with E-state index in [4.69, 9.17) is 0 Å². The standard InChI is InChI=1S/C13H17N3O2S/c1-2-3-11-4-6-13(7-5-11)19(17,18)15-10-12-8-9-14-16-12/h4-9,15H,2-3,10H2,1H3,(H,14,16). The second-order valence-electron chi connectivity index (χ2n) is 4.30. The summed E-state index contributed by atoms with van der Waals surface area (Å²) in [5.74, 6) is 0. The van der Waals surface area contributed by atoms with Crippen LogP contribution in [0.25, 0.3) is 0 Å². The number of sulfonamides is 1. The summed E-state index contributed by atoms with van der Waals surface area (Å²) < 4.78 is 26.6. The van der Waals surface area contributed by atoms with E-state index in [0.717, 1.165) is 24.1 Å². The summed E-state index contributed by atoms with van der Waals surface area (Å²) in [5, 5.41) is 6.48. The molecule has 0 amide bonds. The molecule has 2 aromatic rings. The van der Waals surface area contributed by atoms with E-state index < -0.39 is 10.0 Å². The lowest BCUT2D eigenvalue weighted by molar-refractivity contribution is 0.580. The molecule has 0 atom stereocenters. The van der Waals surface area contributed by atoms with E-state index in [1.165, 1.54) is 0 Å². The molecule has 0 spiro atoms. The number of hydrogen-bond acceptors (Lipinski definition) is 3. The van der Waals surface area contributed by atoms with Crippen LogP contribution < -0.4 is 4.72 Å². The highest BCUT2D eigenvalue weighted by Gasteiger charge is 2.13. The number of aromatic nitrogens is 2. The van der Waals surface area contributed by atoms with E-state index >= 15 is 0 Å². The number of aryl methyl sites for hydroxylation is 1. The molecule has 0 saturated heterocycles. The smallest absolute Gasteiger partial charge is 0.240 e. The minimum Gasteiger partial charge on any atom is -0.281 e. The minimum absolute atomic E-state index is 0.207. The number of rotatable bonds is 6. The van der Waals surface area contributed by atoms with Crippen molar-refractivity contribution in [1.82, 2.24) is 14.9 Å². The molecule has 0 fully saturated rings. The third kappa shape index (κ3) is 3.65. The zero-order chi connectivity index (χ0) is 13.7. The fourth-order valence-corrected chi connectivity index (χ4v) is 2.77. The predicted octanol–water partition coefficient (Wildman–Crippen LogP) is 1.84. The Bertz CT molecular complexity index is 604. The van der Waals surface area contributed by atoms with Crippen molar-refractivity contribution in [2.24, 2.45) is 0 Å². The van der Waals surface area contributed by atoms with Gasteiger partial charge in [-0.25, -0.2) is 13.1 Å². The van der Waals surface area contributed by atoms with Crippen LogP contribution in [-0.4, -0.2) is 18.6 Å². The third-order valence-corrected chi connectivity index (χ3v) is 4.20. The second-order valence-corrected chi connectivity index (χ2v) is 6.07. The van der Waals surface area contributed by atoms with Gasteiger partial charge in [-0.1, -0.05) is 25.5 Å². The number of aromatic amines is 1. The summed E-state index contributed by atoms with van der Waals surface area (Å²) in [6.45, 7) is 2.30. The zero-order valence-corrected chi connectivity index (χ0v) is 11.6. The first-order valence-electron chi connectivity index (χ1n) is 6.18. The Morgan fingerprint density at radius 2 is 1.95 bits per heavy atom. The highest BCUT2D eigenvalue weighted by atomic mass is 32.2. The average Bonchev–Trinajstić information content (AvgIpc) is 2.91. The summed E-state index contributed by atoms with van der Waals surface area (Å²) in [6, 6.07) is 8.72. The summed E-state index contributed by atoms with van der Waals surface area (Å²) in [4.78, 5) is 0.284. The molecule has 1 heterocycles. The normalized spacial score (nSPS) is 11.6. The van der Waals surface area contributed by atoms with E-state index in [9.17, 15) is 8.42 Å². The Morgan fingerprint density at radius 3 is 2.53 bits per heavy atom. The number of H-pyrrole nitrogens is 1. The first-order chi connectivity index (χ1) is 9.12. The van der Waals surface area contributed by atoms with Crippen molar-refractivity contribution in [1.29, 1.82) is 0 Å². The van der Waals surface area contributed by atoms with E-state index in [2.05, 4.69) is 21.8 Å². The van der Waals surface area contributed by atoms with Crippen LogP contribution in [0.3, 0.4) is 0 Å². The lowest BCUT2D eigenvalue weighted by Gasteiger charge is -2.06. The van der Waals surface area contributed by atoms with Crippen LogP contribution in [0.15, 0.2) is 41.4 Å². The maximum atomic E-state index is 12.1. The van der Waals surface area contributed by atoms with Gasteiger partial charge in [-0.2, -0.15) is 5.10 Å². The third-order valence-electron chi connectivity index (χ3n) is 2.78. The van der Waals surface area contributed by atoms with Crippen LogP contribution in [0.1, 0.15) is 24.6 Å². The van der Waals surface area contributed by atoms with E-state index in [-0.39, 0.29) is 11.4 Å². The van der Waals surface area contributed by atoms with Gasteiger partial charge in [0.2, 0.25) is 10.0 Å². The van der Waals surface area contributed by atoms with Gasteiger partial charge in [-0.05, 0) is 30.2 Å². The van der Waals surface area contributed by atoms with Crippen LogP contribution in [0, 0.1) is 0 Å². The molecule has 0 aliphatic carbocycles. The van der Waals surface area contributed by atoms with Crippen molar-refractivity contribution in [2.75, 3.05) is 0 Å². The highest BCUT2D eigenvalue weighted by Crippen LogP contribution is 2.12. The van der Waals surface area contributed by atoms with Gasteiger partial charge < -0.3 is 0 Å². The van der Waals surface area contributed by atoms with Gasteiger partial charge in [0.15, 0.2) is 0 Å². The Hall–Kier alpha value is -1.66. The van der Waals surface area contributed by atoms with Gasteiger partial charge in [0, 0.05) is 6.20 Å². The van der Waals surface area contributed by atoms with E-state index in [0.29, 0.717) is 0 Å². The molecule has 0 aliphatic rings. The van der Waals surface area contributed by atoms with Crippen molar-refractivity contribution in [3.8, 4) is 0 Å². The molecule has 6 heteroatoms. The number of nitrogens with zero attached hydrogens (tertiary/aromatic N) is 1. The van der Waals surface area contributed by atoms with Crippen LogP contribution in [0.5, 0.6) is 0 Å². The Balaban J connectivity index is 2.06. The summed E-state index contributed by atoms with van der Waals surface area (Å²) in [5.41, 5.74) is 1.88. The molecule has 0 saturated carbocycles. The Kier molecular flexibility index (Phi) is 4.34. The first-order valence-corrected chi connectivity index (χ1v) is 7.67. The Morgan fingerprint density at radius 1 is 1.21 bits per heavy atom. The molecule has 0 aliphatic heterocycles. The molecule has 1 aromatic heterocycles. The Labute approximate surface area is 113 Å². The average molecular weight is 279 g/mol. The first kappa shape index (κ1) is 13.8. The van der Waals surface area contributed by atoms with Crippen molar-refractivity contribution < 1.29 is 8.42 Å². The fourth-order valence-electron chi connectivity index (χ4n) is 1.76. The largest absolute Gasteiger partial charge is 0.281 e. The lowest BCUT2D eigenvalue weighted by Crippen LogP contribution is -2.23. The van der Waals surface area contributed by atoms with Crippen molar-refractivity contribution in [3.63, 3.8) is 0 Å². The van der Waals surface area contributed by atoms with Crippen molar-refractivity contribution in [3.05, 3.63) is 47.8 Å². The minimum atomic E-state index is -3.47. The van der Waals surface area contributed by atoms with Crippen LogP contribution in [0.2, 0.25) is 0 Å². The fraction of sp³-hybridized carbons (Fsp3) is 0.308. The monoisotopic (exact) mass is 279 g/mol. The lowest BCUT2D eigenvalue weighted by atomic mass is 10.1. The van der Waals surface area contributed by atoms with Gasteiger partial charge >= 0.3 is 0 Å². The molecule has 0 radical (unpaired) electrons. The molecular formula is C13H17N3O2S. The molecule has 19 heavy (non-hydrogen) atoms. The second kappa shape index (κ2) is 5.99. The summed E-state index contributed by atoms with van der Waals surface area (Å²) in [6.07, 6.45) is 3.59. The highest BCUT2D eigenvalue weighted by molar-refractivity contribution is 7.89. The number of nitrogens with one attached hydrogen (secondary N) is 2. The van der Waals surface area contributed by atoms with Crippen molar-refractivity contribution >= 4 is 10.0 Å². The topological polar surface area (TPSA) is 74.8 Å². The van der Waals surface area contributed by atoms with E-state index in [1.807, 2.05) is 12.1 Å².